The number of esters is 1. The lowest BCUT2D eigenvalue weighted by Crippen LogP contribution is -2.76. The molecule has 0 amide bonds. The molecule has 9 heteroatoms. The highest BCUT2D eigenvalue weighted by atomic mass is 32.2. The number of Topliss-reactive ketones (excluding diaryl/α,β-unsaturated/α-hetero) is 1. The summed E-state index contributed by atoms with van der Waals surface area (Å²) in [5.74, 6) is -2.76. The number of hydrogen-bond acceptors (Lipinski definition) is 9. The van der Waals surface area contributed by atoms with Crippen LogP contribution in [0, 0.1) is 28.6 Å². The first-order chi connectivity index (χ1) is 15.6. The third kappa shape index (κ3) is 4.41. The Kier molecular flexibility index (Phi) is 7.80. The number of rotatable bonds is 6. The first kappa shape index (κ1) is 27.7. The van der Waals surface area contributed by atoms with Gasteiger partial charge in [-0.2, -0.15) is 0 Å². The van der Waals surface area contributed by atoms with Crippen LogP contribution in [0.2, 0.25) is 0 Å². The molecule has 1 aliphatic heterocycles. The van der Waals surface area contributed by atoms with Gasteiger partial charge in [-0.3, -0.25) is 9.59 Å². The zero-order valence-electron chi connectivity index (χ0n) is 21.0. The minimum absolute atomic E-state index is 0.00784. The zero-order chi connectivity index (χ0) is 25.8. The molecule has 0 radical (unpaired) electrons. The molecule has 0 spiro atoms. The van der Waals surface area contributed by atoms with Crippen molar-refractivity contribution in [3.8, 4) is 0 Å². The molecule has 3 aliphatic rings. The van der Waals surface area contributed by atoms with Crippen LogP contribution >= 0.6 is 24.0 Å². The fourth-order valence-corrected chi connectivity index (χ4v) is 7.63. The zero-order valence-corrected chi connectivity index (χ0v) is 22.7. The van der Waals surface area contributed by atoms with Crippen molar-refractivity contribution >= 4 is 39.9 Å². The molecular formula is C25H38O7S2. The van der Waals surface area contributed by atoms with E-state index in [9.17, 15) is 24.9 Å². The SMILES string of the molecule is CSC(=S)[C@H]1C[C@H]2OC[C@@]2(O)[C@@H]([C@H](OC(C)=O)C2C[C@H](O)C(C)=CC2(C)C)[C@]1(C)C(=O)[C@@H](C)O. The average Bonchev–Trinajstić information content (AvgIpc) is 2.72. The summed E-state index contributed by atoms with van der Waals surface area (Å²) in [7, 11) is 0. The smallest absolute Gasteiger partial charge is 0.302 e. The van der Waals surface area contributed by atoms with Gasteiger partial charge < -0.3 is 24.8 Å². The van der Waals surface area contributed by atoms with E-state index < -0.39 is 70.4 Å². The predicted octanol–water partition coefficient (Wildman–Crippen LogP) is 2.68. The second kappa shape index (κ2) is 9.56. The number of thiocarbonyl (C=S) groups is 1. The number of carbonyl (C=O) groups excluding carboxylic acids is 2. The summed E-state index contributed by atoms with van der Waals surface area (Å²) < 4.78 is 12.3. The Morgan fingerprint density at radius 2 is 1.91 bits per heavy atom. The van der Waals surface area contributed by atoms with E-state index in [4.69, 9.17) is 21.7 Å². The quantitative estimate of drug-likeness (QED) is 0.280. The van der Waals surface area contributed by atoms with Gasteiger partial charge in [0.2, 0.25) is 0 Å². The Morgan fingerprint density at radius 1 is 1.29 bits per heavy atom. The van der Waals surface area contributed by atoms with E-state index >= 15 is 0 Å². The van der Waals surface area contributed by atoms with Gasteiger partial charge in [0, 0.05) is 30.1 Å². The molecule has 2 aliphatic carbocycles. The van der Waals surface area contributed by atoms with E-state index in [-0.39, 0.29) is 6.61 Å². The van der Waals surface area contributed by atoms with E-state index in [0.717, 1.165) is 5.57 Å². The molecule has 3 rings (SSSR count). The summed E-state index contributed by atoms with van der Waals surface area (Å²) in [5.41, 5.74) is -2.43. The second-order valence-corrected chi connectivity index (χ2v) is 12.6. The van der Waals surface area contributed by atoms with Crippen LogP contribution in [-0.4, -0.2) is 74.1 Å². The largest absolute Gasteiger partial charge is 0.462 e. The van der Waals surface area contributed by atoms with Crippen LogP contribution in [0.25, 0.3) is 0 Å². The third-order valence-corrected chi connectivity index (χ3v) is 9.88. The highest BCUT2D eigenvalue weighted by Gasteiger charge is 2.71. The van der Waals surface area contributed by atoms with Gasteiger partial charge in [0.1, 0.15) is 17.8 Å². The minimum Gasteiger partial charge on any atom is -0.462 e. The van der Waals surface area contributed by atoms with Crippen LogP contribution in [0.1, 0.15) is 54.4 Å². The molecule has 1 saturated carbocycles. The van der Waals surface area contributed by atoms with Crippen molar-refractivity contribution in [1.29, 1.82) is 0 Å². The number of hydrogen-bond donors (Lipinski definition) is 3. The molecule has 1 heterocycles. The van der Waals surface area contributed by atoms with E-state index in [1.807, 2.05) is 33.1 Å². The summed E-state index contributed by atoms with van der Waals surface area (Å²) in [5, 5.41) is 33.2. The van der Waals surface area contributed by atoms with Gasteiger partial charge in [0.05, 0.1) is 23.0 Å². The number of ether oxygens (including phenoxy) is 2. The standard InChI is InChI=1S/C25H38O7S2/c1-12-10-23(4,5)15(8-17(12)28)19(32-14(3)27)20-24(6,21(29)13(2)26)16(22(33)34-7)9-18-25(20,30)11-31-18/h10,13,15-20,26,28,30H,8-9,11H2,1-7H3/t13-,15?,16-,17+,18-,19-,20+,24-,25+/m1/s1. The van der Waals surface area contributed by atoms with Crippen LogP contribution in [0.15, 0.2) is 11.6 Å². The highest BCUT2D eigenvalue weighted by molar-refractivity contribution is 8.22. The molecule has 3 N–H and O–H groups in total. The Morgan fingerprint density at radius 3 is 2.38 bits per heavy atom. The van der Waals surface area contributed by atoms with Gasteiger partial charge in [0.25, 0.3) is 0 Å². The number of fused-ring (bicyclic) bond motifs is 1. The molecule has 0 bridgehead atoms. The Labute approximate surface area is 211 Å². The third-order valence-electron chi connectivity index (χ3n) is 8.41. The van der Waals surface area contributed by atoms with Crippen molar-refractivity contribution in [2.45, 2.75) is 84.4 Å². The fraction of sp³-hybridized carbons (Fsp3) is 0.800. The number of carbonyl (C=O) groups is 2. The van der Waals surface area contributed by atoms with Crippen molar-refractivity contribution in [1.82, 2.24) is 0 Å². The summed E-state index contributed by atoms with van der Waals surface area (Å²) >= 11 is 7.04. The summed E-state index contributed by atoms with van der Waals surface area (Å²) in [4.78, 5) is 26.2. The van der Waals surface area contributed by atoms with Gasteiger partial charge >= 0.3 is 5.97 Å². The van der Waals surface area contributed by atoms with Gasteiger partial charge in [0.15, 0.2) is 5.78 Å². The average molecular weight is 515 g/mol. The van der Waals surface area contributed by atoms with Gasteiger partial charge in [-0.15, -0.1) is 11.8 Å². The van der Waals surface area contributed by atoms with E-state index in [1.54, 1.807) is 6.92 Å². The first-order valence-corrected chi connectivity index (χ1v) is 13.4. The van der Waals surface area contributed by atoms with Gasteiger partial charge in [-0.1, -0.05) is 39.1 Å². The van der Waals surface area contributed by atoms with Crippen LogP contribution in [-0.2, 0) is 19.1 Å². The molecule has 7 nitrogen and oxygen atoms in total. The Balaban J connectivity index is 2.26. The van der Waals surface area contributed by atoms with Crippen LogP contribution in [0.4, 0.5) is 0 Å². The van der Waals surface area contributed by atoms with Gasteiger partial charge in [-0.25, -0.2) is 0 Å². The Bertz CT molecular complexity index is 884. The number of allylic oxidation sites excluding steroid dienone is 1. The van der Waals surface area contributed by atoms with E-state index in [2.05, 4.69) is 0 Å². The molecule has 192 valence electrons. The molecule has 0 aromatic carbocycles. The molecule has 1 saturated heterocycles. The monoisotopic (exact) mass is 514 g/mol. The summed E-state index contributed by atoms with van der Waals surface area (Å²) in [6.45, 7) is 10.3. The minimum atomic E-state index is -1.44. The maximum Gasteiger partial charge on any atom is 0.302 e. The van der Waals surface area contributed by atoms with Crippen LogP contribution in [0.3, 0.4) is 0 Å². The lowest BCUT2D eigenvalue weighted by Gasteiger charge is -2.64. The molecule has 0 aromatic rings. The molecular weight excluding hydrogens is 476 g/mol. The van der Waals surface area contributed by atoms with Crippen molar-refractivity contribution in [2.75, 3.05) is 12.9 Å². The molecule has 1 unspecified atom stereocenters. The normalized spacial score (nSPS) is 40.8. The van der Waals surface area contributed by atoms with Crippen LogP contribution < -0.4 is 0 Å². The second-order valence-electron chi connectivity index (χ2n) is 11.0. The topological polar surface area (TPSA) is 113 Å². The predicted molar refractivity (Wildman–Crippen MR) is 134 cm³/mol. The lowest BCUT2D eigenvalue weighted by molar-refractivity contribution is -0.321. The number of aliphatic hydroxyl groups is 3. The number of ketones is 1. The Hall–Kier alpha value is -0.840. The van der Waals surface area contributed by atoms with E-state index in [0.29, 0.717) is 17.0 Å². The maximum absolute atomic E-state index is 13.8. The van der Waals surface area contributed by atoms with Crippen molar-refractivity contribution in [2.24, 2.45) is 28.6 Å². The van der Waals surface area contributed by atoms with Crippen molar-refractivity contribution in [3.63, 3.8) is 0 Å². The van der Waals surface area contributed by atoms with E-state index in [1.165, 1.54) is 25.6 Å². The first-order valence-electron chi connectivity index (χ1n) is 11.8. The molecule has 9 atom stereocenters. The molecule has 2 fully saturated rings. The summed E-state index contributed by atoms with van der Waals surface area (Å²) in [6.07, 6.45) is 0.937. The number of aliphatic hydroxyl groups excluding tert-OH is 2. The lowest BCUT2D eigenvalue weighted by atomic mass is 9.47. The highest BCUT2D eigenvalue weighted by Crippen LogP contribution is 2.60. The van der Waals surface area contributed by atoms with Crippen molar-refractivity contribution in [3.05, 3.63) is 11.6 Å². The van der Waals surface area contributed by atoms with Crippen molar-refractivity contribution < 1.29 is 34.4 Å². The fourth-order valence-electron chi connectivity index (χ4n) is 6.66. The molecule has 34 heavy (non-hydrogen) atoms. The molecule has 0 aromatic heterocycles. The van der Waals surface area contributed by atoms with Crippen LogP contribution in [0.5, 0.6) is 0 Å². The number of thioether (sulfide) groups is 1. The summed E-state index contributed by atoms with van der Waals surface area (Å²) in [6, 6.07) is 0. The maximum atomic E-state index is 13.8. The van der Waals surface area contributed by atoms with Gasteiger partial charge in [-0.05, 0) is 43.9 Å².